The number of hydrogen-bond donors (Lipinski definition) is 5. The lowest BCUT2D eigenvalue weighted by Gasteiger charge is -2.19. The minimum Gasteiger partial charge on any atom is -0.493 e. The van der Waals surface area contributed by atoms with Crippen molar-refractivity contribution in [1.82, 2.24) is 20.1 Å². The van der Waals surface area contributed by atoms with Gasteiger partial charge in [-0.3, -0.25) is 14.9 Å². The second-order valence-electron chi connectivity index (χ2n) is 8.02. The lowest BCUT2D eigenvalue weighted by Crippen LogP contribution is -2.26. The number of amides is 1. The number of ether oxygens (including phenoxy) is 1. The van der Waals surface area contributed by atoms with Gasteiger partial charge in [0.05, 0.1) is 30.6 Å². The minimum absolute atomic E-state index is 0.215. The van der Waals surface area contributed by atoms with Crippen molar-refractivity contribution >= 4 is 24.6 Å². The third kappa shape index (κ3) is 7.40. The van der Waals surface area contributed by atoms with Crippen LogP contribution in [0.2, 0.25) is 0 Å². The first-order valence-corrected chi connectivity index (χ1v) is 12.7. The molecule has 0 aliphatic heterocycles. The highest BCUT2D eigenvalue weighted by Gasteiger charge is 2.18. The number of pyridine rings is 1. The van der Waals surface area contributed by atoms with Crippen molar-refractivity contribution in [3.63, 3.8) is 0 Å². The predicted octanol–water partition coefficient (Wildman–Crippen LogP) is 3.14. The molecule has 0 saturated carbocycles. The second-order valence-corrected chi connectivity index (χ2v) is 9.05. The zero-order valence-corrected chi connectivity index (χ0v) is 21.2. The van der Waals surface area contributed by atoms with Crippen LogP contribution in [0.1, 0.15) is 28.5 Å². The van der Waals surface area contributed by atoms with Gasteiger partial charge in [-0.05, 0) is 42.8 Å². The number of aromatic nitrogens is 3. The zero-order chi connectivity index (χ0) is 28.0. The van der Waals surface area contributed by atoms with Gasteiger partial charge in [0.25, 0.3) is 5.91 Å². The molecule has 2 heterocycles. The summed E-state index contributed by atoms with van der Waals surface area (Å²) < 4.78 is 42.0. The highest BCUT2D eigenvalue weighted by molar-refractivity contribution is 7.45. The average Bonchev–Trinajstić information content (AvgIpc) is 3.33. The van der Waals surface area contributed by atoms with E-state index in [-0.39, 0.29) is 19.1 Å². The van der Waals surface area contributed by atoms with Crippen LogP contribution in [0.5, 0.6) is 5.75 Å². The lowest BCUT2D eigenvalue weighted by atomic mass is 10.0. The summed E-state index contributed by atoms with van der Waals surface area (Å²) in [6.45, 7) is 2.14. The first kappa shape index (κ1) is 28.8. The van der Waals surface area contributed by atoms with Crippen LogP contribution in [0.15, 0.2) is 48.8 Å². The molecule has 0 aliphatic carbocycles. The maximum absolute atomic E-state index is 13.7. The van der Waals surface area contributed by atoms with E-state index in [0.29, 0.717) is 45.6 Å². The summed E-state index contributed by atoms with van der Waals surface area (Å²) in [6, 6.07) is 8.01. The molecule has 0 radical (unpaired) electrons. The van der Waals surface area contributed by atoms with Gasteiger partial charge in [0.1, 0.15) is 17.4 Å². The normalized spacial score (nSPS) is 11.2. The molecule has 0 aliphatic rings. The van der Waals surface area contributed by atoms with E-state index in [2.05, 4.69) is 15.2 Å². The number of carbonyl (C=O) groups excluding carboxylic acids is 1. The molecule has 0 fully saturated rings. The Morgan fingerprint density at radius 1 is 1.11 bits per heavy atom. The Labute approximate surface area is 215 Å². The number of aliphatic hydroxyl groups excluding tert-OH is 1. The first-order valence-electron chi connectivity index (χ1n) is 11.1. The highest BCUT2D eigenvalue weighted by Crippen LogP contribution is 2.33. The summed E-state index contributed by atoms with van der Waals surface area (Å²) >= 11 is 0. The summed E-state index contributed by atoms with van der Waals surface area (Å²) in [5.74, 6) is -1.31. The van der Waals surface area contributed by atoms with Crippen LogP contribution in [0.25, 0.3) is 22.0 Å². The number of nitrogens with one attached hydrogen (secondary N) is 1. The Morgan fingerprint density at radius 3 is 2.37 bits per heavy atom. The Hall–Kier alpha value is -3.74. The molecular weight excluding hydrogens is 525 g/mol. The largest absolute Gasteiger partial charge is 0.493 e. The molecule has 0 saturated heterocycles. The number of carbonyl (C=O) groups is 1. The van der Waals surface area contributed by atoms with E-state index < -0.39 is 19.5 Å². The van der Waals surface area contributed by atoms with Crippen molar-refractivity contribution in [1.29, 1.82) is 0 Å². The average molecular weight is 550 g/mol. The molecule has 202 valence electrons. The number of phosphoric acid groups is 1. The molecule has 0 bridgehead atoms. The van der Waals surface area contributed by atoms with Crippen LogP contribution in [0.3, 0.4) is 0 Å². The van der Waals surface area contributed by atoms with Crippen LogP contribution in [-0.2, 0) is 17.7 Å². The molecule has 11 nitrogen and oxygen atoms in total. The summed E-state index contributed by atoms with van der Waals surface area (Å²) in [5.41, 5.74) is 3.11. The summed E-state index contributed by atoms with van der Waals surface area (Å²) in [4.78, 5) is 40.5. The number of aromatic amines is 1. The van der Waals surface area contributed by atoms with Crippen molar-refractivity contribution in [3.8, 4) is 16.9 Å². The van der Waals surface area contributed by atoms with E-state index in [1.165, 1.54) is 17.0 Å². The topological polar surface area (TPSA) is 169 Å². The van der Waals surface area contributed by atoms with Crippen molar-refractivity contribution in [2.24, 2.45) is 0 Å². The minimum atomic E-state index is -4.64. The third-order valence-corrected chi connectivity index (χ3v) is 5.25. The van der Waals surface area contributed by atoms with Crippen molar-refractivity contribution < 1.29 is 42.7 Å². The number of aliphatic hydroxyl groups is 1. The van der Waals surface area contributed by atoms with Crippen LogP contribution < -0.4 is 4.74 Å². The van der Waals surface area contributed by atoms with Gasteiger partial charge >= 0.3 is 7.82 Å². The molecule has 0 unspecified atom stereocenters. The smallest absolute Gasteiger partial charge is 0.466 e. The molecule has 5 N–H and O–H groups in total. The van der Waals surface area contributed by atoms with Gasteiger partial charge in [-0.25, -0.2) is 13.3 Å². The standard InChI is InChI=1S/C24H22F2N4O3.H3O4P/c1-3-33-22-8-14(4-5-19(22)15-6-17(25)9-18(26)7-15)24(32)30(2)12-16-10-27-21(13-31)20-11-28-29-23(16)20;1-5(2,3)4/h4-11,31H,3,12-13H2,1-2H3,(H,28,29);(H3,1,2,3,4). The van der Waals surface area contributed by atoms with E-state index in [1.54, 1.807) is 44.6 Å². The number of benzene rings is 2. The molecule has 0 spiro atoms. The number of halogens is 2. The van der Waals surface area contributed by atoms with Crippen LogP contribution in [0, 0.1) is 11.6 Å². The number of H-pyrrole nitrogens is 1. The van der Waals surface area contributed by atoms with Gasteiger partial charge in [0.2, 0.25) is 0 Å². The van der Waals surface area contributed by atoms with Crippen LogP contribution in [-0.4, -0.2) is 59.4 Å². The van der Waals surface area contributed by atoms with Gasteiger partial charge in [-0.15, -0.1) is 0 Å². The number of nitrogens with zero attached hydrogens (tertiary/aromatic N) is 3. The molecule has 4 rings (SSSR count). The molecule has 38 heavy (non-hydrogen) atoms. The Kier molecular flexibility index (Phi) is 9.26. The lowest BCUT2D eigenvalue weighted by molar-refractivity contribution is 0.0785. The summed E-state index contributed by atoms with van der Waals surface area (Å²) in [5, 5.41) is 17.0. The van der Waals surface area contributed by atoms with E-state index >= 15 is 0 Å². The molecule has 2 aromatic heterocycles. The summed E-state index contributed by atoms with van der Waals surface area (Å²) in [7, 11) is -2.99. The highest BCUT2D eigenvalue weighted by atomic mass is 31.2. The number of fused-ring (bicyclic) bond motifs is 1. The van der Waals surface area contributed by atoms with E-state index in [4.69, 9.17) is 24.0 Å². The van der Waals surface area contributed by atoms with Gasteiger partial charge in [0, 0.05) is 47.9 Å². The van der Waals surface area contributed by atoms with Crippen molar-refractivity contribution in [2.45, 2.75) is 20.1 Å². The molecule has 14 heteroatoms. The fraction of sp³-hybridized carbons (Fsp3) is 0.208. The molecule has 1 amide bonds. The van der Waals surface area contributed by atoms with Gasteiger partial charge < -0.3 is 29.4 Å². The maximum Gasteiger partial charge on any atom is 0.466 e. The Morgan fingerprint density at radius 2 is 1.76 bits per heavy atom. The fourth-order valence-corrected chi connectivity index (χ4v) is 3.71. The third-order valence-electron chi connectivity index (χ3n) is 5.25. The predicted molar refractivity (Wildman–Crippen MR) is 133 cm³/mol. The number of hydrogen-bond acceptors (Lipinski definition) is 6. The monoisotopic (exact) mass is 550 g/mol. The Bertz CT molecular complexity index is 1460. The van der Waals surface area contributed by atoms with Gasteiger partial charge in [0.15, 0.2) is 0 Å². The van der Waals surface area contributed by atoms with Gasteiger partial charge in [-0.2, -0.15) is 5.10 Å². The fourth-order valence-electron chi connectivity index (χ4n) is 3.71. The molecule has 2 aromatic carbocycles. The molecule has 4 aromatic rings. The molecular formula is C24H25F2N4O7P. The van der Waals surface area contributed by atoms with E-state index in [9.17, 15) is 18.7 Å². The van der Waals surface area contributed by atoms with Crippen molar-refractivity contribution in [3.05, 3.63) is 77.2 Å². The Balaban J connectivity index is 0.000000732. The maximum atomic E-state index is 13.7. The number of rotatable bonds is 7. The zero-order valence-electron chi connectivity index (χ0n) is 20.3. The van der Waals surface area contributed by atoms with Crippen LogP contribution in [0.4, 0.5) is 8.78 Å². The summed E-state index contributed by atoms with van der Waals surface area (Å²) in [6.07, 6.45) is 3.19. The SMILES string of the molecule is CCOc1cc(C(=O)N(C)Cc2cnc(CO)c3cn[nH]c23)ccc1-c1cc(F)cc(F)c1.O=P(O)(O)O. The second kappa shape index (κ2) is 12.2. The van der Waals surface area contributed by atoms with Crippen LogP contribution >= 0.6 is 7.82 Å². The van der Waals surface area contributed by atoms with E-state index in [0.717, 1.165) is 11.6 Å². The first-order chi connectivity index (χ1) is 17.9. The van der Waals surface area contributed by atoms with Gasteiger partial charge in [-0.1, -0.05) is 0 Å². The molecule has 0 atom stereocenters. The quantitative estimate of drug-likeness (QED) is 0.217. The van der Waals surface area contributed by atoms with Crippen molar-refractivity contribution in [2.75, 3.05) is 13.7 Å². The van der Waals surface area contributed by atoms with E-state index in [1.807, 2.05) is 0 Å².